The van der Waals surface area contributed by atoms with Gasteiger partial charge >= 0.3 is 5.69 Å². The molecule has 10 nitrogen and oxygen atoms in total. The number of aromatic nitrogens is 2. The van der Waals surface area contributed by atoms with E-state index < -0.39 is 42.3 Å². The number of rotatable bonds is 3. The second-order valence-corrected chi connectivity index (χ2v) is 4.41. The predicted molar refractivity (Wildman–Crippen MR) is 66.0 cm³/mol. The fourth-order valence-electron chi connectivity index (χ4n) is 2.09. The van der Waals surface area contributed by atoms with Crippen molar-refractivity contribution in [2.75, 3.05) is 6.61 Å². The maximum Gasteiger partial charge on any atom is 0.330 e. The summed E-state index contributed by atoms with van der Waals surface area (Å²) < 4.78 is 6.32. The van der Waals surface area contributed by atoms with Crippen molar-refractivity contribution in [2.24, 2.45) is 5.11 Å². The number of aromatic amines is 1. The summed E-state index contributed by atoms with van der Waals surface area (Å²) in [6.45, 7) is 1.01. The Labute approximate surface area is 111 Å². The molecule has 1 aliphatic heterocycles. The molecule has 4 atom stereocenters. The molecule has 0 unspecified atom stereocenters. The number of nitrogens with one attached hydrogen (secondary N) is 1. The lowest BCUT2D eigenvalue weighted by atomic mass is 10.1. The zero-order valence-corrected chi connectivity index (χ0v) is 10.5. The Morgan fingerprint density at radius 2 is 2.30 bits per heavy atom. The molecule has 1 fully saturated rings. The lowest BCUT2D eigenvalue weighted by Crippen LogP contribution is -2.38. The first-order chi connectivity index (χ1) is 9.49. The fraction of sp³-hybridized carbons (Fsp3) is 0.600. The number of aliphatic hydroxyl groups excluding tert-OH is 2. The van der Waals surface area contributed by atoms with E-state index in [-0.39, 0.29) is 5.56 Å². The van der Waals surface area contributed by atoms with Crippen molar-refractivity contribution in [3.63, 3.8) is 0 Å². The van der Waals surface area contributed by atoms with Crippen LogP contribution in [0.1, 0.15) is 11.8 Å². The van der Waals surface area contributed by atoms with E-state index in [9.17, 15) is 14.7 Å². The summed E-state index contributed by atoms with van der Waals surface area (Å²) >= 11 is 0. The van der Waals surface area contributed by atoms with Crippen LogP contribution in [0.3, 0.4) is 0 Å². The summed E-state index contributed by atoms with van der Waals surface area (Å²) in [5.74, 6) is 0. The highest BCUT2D eigenvalue weighted by Crippen LogP contribution is 2.30. The Bertz CT molecular complexity index is 661. The molecule has 0 aliphatic carbocycles. The highest BCUT2D eigenvalue weighted by molar-refractivity contribution is 5.04. The van der Waals surface area contributed by atoms with Gasteiger partial charge < -0.3 is 14.9 Å². The normalized spacial score (nSPS) is 29.1. The topological polar surface area (TPSA) is 153 Å². The Hall–Kier alpha value is -2.13. The molecule has 1 aliphatic rings. The minimum absolute atomic E-state index is 0.258. The maximum atomic E-state index is 11.7. The maximum absolute atomic E-state index is 11.7. The minimum atomic E-state index is -1.31. The summed E-state index contributed by atoms with van der Waals surface area (Å²) in [7, 11) is 0. The van der Waals surface area contributed by atoms with Crippen molar-refractivity contribution in [1.82, 2.24) is 9.55 Å². The molecule has 0 aromatic carbocycles. The monoisotopic (exact) mass is 283 g/mol. The highest BCUT2D eigenvalue weighted by Gasteiger charge is 2.44. The second-order valence-electron chi connectivity index (χ2n) is 4.41. The van der Waals surface area contributed by atoms with E-state index in [0.29, 0.717) is 0 Å². The molecule has 0 bridgehead atoms. The van der Waals surface area contributed by atoms with Crippen LogP contribution in [0.15, 0.2) is 20.9 Å². The molecule has 0 spiro atoms. The molecule has 3 N–H and O–H groups in total. The molecule has 1 saturated heterocycles. The van der Waals surface area contributed by atoms with Crippen LogP contribution < -0.4 is 11.2 Å². The van der Waals surface area contributed by atoms with Gasteiger partial charge in [-0.05, 0) is 12.5 Å². The van der Waals surface area contributed by atoms with E-state index in [0.717, 1.165) is 4.57 Å². The minimum Gasteiger partial charge on any atom is -0.394 e. The number of ether oxygens (including phenoxy) is 1. The van der Waals surface area contributed by atoms with Crippen LogP contribution in [0.5, 0.6) is 0 Å². The Morgan fingerprint density at radius 3 is 2.90 bits per heavy atom. The highest BCUT2D eigenvalue weighted by atomic mass is 16.5. The Morgan fingerprint density at radius 1 is 1.60 bits per heavy atom. The van der Waals surface area contributed by atoms with Gasteiger partial charge in [-0.3, -0.25) is 14.3 Å². The number of hydrogen-bond acceptors (Lipinski definition) is 6. The van der Waals surface area contributed by atoms with E-state index in [4.69, 9.17) is 15.4 Å². The van der Waals surface area contributed by atoms with Gasteiger partial charge in [-0.1, -0.05) is 5.11 Å². The molecule has 20 heavy (non-hydrogen) atoms. The summed E-state index contributed by atoms with van der Waals surface area (Å²) in [6.07, 6.45) is -2.15. The van der Waals surface area contributed by atoms with Crippen molar-refractivity contribution < 1.29 is 14.9 Å². The molecule has 10 heteroatoms. The average molecular weight is 283 g/mol. The first-order valence-electron chi connectivity index (χ1n) is 5.80. The first kappa shape index (κ1) is 14.3. The quantitative estimate of drug-likeness (QED) is 0.360. The van der Waals surface area contributed by atoms with Crippen LogP contribution in [-0.4, -0.2) is 44.6 Å². The molecule has 0 saturated carbocycles. The van der Waals surface area contributed by atoms with Gasteiger partial charge in [0.25, 0.3) is 5.56 Å². The van der Waals surface area contributed by atoms with Crippen LogP contribution in [0, 0.1) is 6.92 Å². The van der Waals surface area contributed by atoms with E-state index in [2.05, 4.69) is 15.0 Å². The number of hydrogen-bond donors (Lipinski definition) is 3. The number of aryl methyl sites for hydroxylation is 1. The van der Waals surface area contributed by atoms with Crippen LogP contribution in [0.25, 0.3) is 10.4 Å². The van der Waals surface area contributed by atoms with Crippen molar-refractivity contribution in [3.8, 4) is 0 Å². The van der Waals surface area contributed by atoms with Gasteiger partial charge in [0.15, 0.2) is 6.23 Å². The zero-order chi connectivity index (χ0) is 14.9. The number of azide groups is 1. The van der Waals surface area contributed by atoms with Gasteiger partial charge in [0.05, 0.1) is 18.8 Å². The van der Waals surface area contributed by atoms with Crippen LogP contribution >= 0.6 is 0 Å². The van der Waals surface area contributed by atoms with Gasteiger partial charge in [0, 0.05) is 16.7 Å². The first-order valence-corrected chi connectivity index (χ1v) is 5.80. The summed E-state index contributed by atoms with van der Waals surface area (Å²) in [4.78, 5) is 27.7. The molecule has 108 valence electrons. The molecule has 1 aromatic heterocycles. The van der Waals surface area contributed by atoms with Crippen LogP contribution in [-0.2, 0) is 4.74 Å². The molecule has 0 radical (unpaired) electrons. The van der Waals surface area contributed by atoms with Crippen LogP contribution in [0.4, 0.5) is 0 Å². The predicted octanol–water partition coefficient (Wildman–Crippen LogP) is -1.23. The lowest BCUT2D eigenvalue weighted by molar-refractivity contribution is -0.0532. The van der Waals surface area contributed by atoms with Crippen molar-refractivity contribution >= 4 is 0 Å². The molecular formula is C10H13N5O5. The summed E-state index contributed by atoms with van der Waals surface area (Å²) in [5, 5.41) is 22.6. The second kappa shape index (κ2) is 5.47. The molecule has 2 heterocycles. The van der Waals surface area contributed by atoms with E-state index in [1.54, 1.807) is 0 Å². The van der Waals surface area contributed by atoms with Gasteiger partial charge in [-0.15, -0.1) is 0 Å². The number of aliphatic hydroxyl groups is 2. The molecule has 2 rings (SSSR count). The van der Waals surface area contributed by atoms with E-state index >= 15 is 0 Å². The van der Waals surface area contributed by atoms with Crippen molar-refractivity contribution in [1.29, 1.82) is 0 Å². The van der Waals surface area contributed by atoms with Gasteiger partial charge in [-0.2, -0.15) is 0 Å². The Kier molecular flexibility index (Phi) is 3.91. The zero-order valence-electron chi connectivity index (χ0n) is 10.5. The van der Waals surface area contributed by atoms with Crippen molar-refractivity contribution in [3.05, 3.63) is 43.0 Å². The van der Waals surface area contributed by atoms with Crippen LogP contribution in [0.2, 0.25) is 0 Å². The number of nitrogens with zero attached hydrogens (tertiary/aromatic N) is 4. The number of H-pyrrole nitrogens is 1. The SMILES string of the molecule is Cc1cn([C@H]2O[C@@H](CO)[C@H](N=[N+]=[N-])[C@@H]2O)c(=O)[nH]c1=O. The van der Waals surface area contributed by atoms with Crippen molar-refractivity contribution in [2.45, 2.75) is 31.4 Å². The molecule has 0 amide bonds. The smallest absolute Gasteiger partial charge is 0.330 e. The van der Waals surface area contributed by atoms with Gasteiger partial charge in [-0.25, -0.2) is 4.79 Å². The molecule has 1 aromatic rings. The fourth-order valence-corrected chi connectivity index (χ4v) is 2.09. The van der Waals surface area contributed by atoms with E-state index in [1.807, 2.05) is 0 Å². The van der Waals surface area contributed by atoms with E-state index in [1.165, 1.54) is 13.1 Å². The van der Waals surface area contributed by atoms with Gasteiger partial charge in [0.1, 0.15) is 6.10 Å². The average Bonchev–Trinajstić information content (AvgIpc) is 2.72. The third kappa shape index (κ3) is 2.32. The summed E-state index contributed by atoms with van der Waals surface area (Å²) in [6, 6.07) is -1.02. The largest absolute Gasteiger partial charge is 0.394 e. The third-order valence-electron chi connectivity index (χ3n) is 3.12. The summed E-state index contributed by atoms with van der Waals surface area (Å²) in [5.41, 5.74) is 7.40. The lowest BCUT2D eigenvalue weighted by Gasteiger charge is -2.17. The standard InChI is InChI=1S/C10H13N5O5/c1-4-2-15(10(19)12-8(4)18)9-7(17)6(13-14-11)5(3-16)20-9/h2,5-7,9,16-17H,3H2,1H3,(H,12,18,19)/t5-,6-,7-,9-/m0/s1. The molecular weight excluding hydrogens is 270 g/mol. The van der Waals surface area contributed by atoms with Gasteiger partial charge in [0.2, 0.25) is 0 Å². The third-order valence-corrected chi connectivity index (χ3v) is 3.12. The Balaban J connectivity index is 2.44.